The number of hydrogen-bond donors (Lipinski definition) is 0. The molecule has 3 aromatic carbocycles. The lowest BCUT2D eigenvalue weighted by Crippen LogP contribution is -1.95. The predicted molar refractivity (Wildman–Crippen MR) is 123 cm³/mol. The first-order valence-corrected chi connectivity index (χ1v) is 9.77. The summed E-state index contributed by atoms with van der Waals surface area (Å²) in [5, 5.41) is 1.35. The average molecular weight is 399 g/mol. The van der Waals surface area contributed by atoms with Crippen LogP contribution in [0.2, 0.25) is 0 Å². The monoisotopic (exact) mass is 398 g/mol. The van der Waals surface area contributed by atoms with Gasteiger partial charge in [-0.05, 0) is 78.6 Å². The molecule has 5 aromatic rings. The fraction of sp³-hybridized carbons (Fsp3) is 0.179. The number of benzene rings is 3. The van der Waals surface area contributed by atoms with Crippen LogP contribution >= 0.6 is 0 Å². The maximum atomic E-state index is 9.31. The van der Waals surface area contributed by atoms with Crippen molar-refractivity contribution in [2.75, 3.05) is 0 Å². The van der Waals surface area contributed by atoms with Crippen LogP contribution in [0.5, 0.6) is 0 Å². The molecule has 2 heterocycles. The van der Waals surface area contributed by atoms with Crippen LogP contribution in [-0.2, 0) is 6.37 Å². The van der Waals surface area contributed by atoms with Crippen LogP contribution in [0, 0.1) is 13.7 Å². The fourth-order valence-electron chi connectivity index (χ4n) is 4.22. The molecule has 1 aliphatic carbocycles. The van der Waals surface area contributed by atoms with E-state index in [1.54, 1.807) is 24.3 Å². The van der Waals surface area contributed by atoms with Crippen LogP contribution in [0.15, 0.2) is 77.3 Å². The molecular formula is C28H23NO. The summed E-state index contributed by atoms with van der Waals surface area (Å²) in [6.45, 7) is -5.30. The Morgan fingerprint density at radius 2 is 1.90 bits per heavy atom. The average Bonchev–Trinajstić information content (AvgIpc) is 3.34. The van der Waals surface area contributed by atoms with E-state index in [1.165, 1.54) is 6.07 Å². The van der Waals surface area contributed by atoms with Gasteiger partial charge in [-0.15, -0.1) is 0 Å². The van der Waals surface area contributed by atoms with Gasteiger partial charge in [0.15, 0.2) is 0 Å². The summed E-state index contributed by atoms with van der Waals surface area (Å²) in [5.41, 5.74) is 2.66. The van der Waals surface area contributed by atoms with Crippen LogP contribution in [-0.4, -0.2) is 4.98 Å². The first kappa shape index (κ1) is 10.6. The van der Waals surface area contributed by atoms with Crippen molar-refractivity contribution in [3.05, 3.63) is 101 Å². The van der Waals surface area contributed by atoms with E-state index in [-0.39, 0.29) is 23.2 Å². The van der Waals surface area contributed by atoms with E-state index in [1.807, 2.05) is 36.4 Å². The Labute approximate surface area is 188 Å². The molecule has 0 saturated carbocycles. The van der Waals surface area contributed by atoms with Crippen molar-refractivity contribution in [2.24, 2.45) is 0 Å². The SMILES string of the molecule is [2H]C([2H])([2H])c1cnc(-c2cccc3c2oc2cc4c(cc23)C([2H])([2H])CC4([2H])c2ccccc2)cc1C([2H])([2H])[2H]. The van der Waals surface area contributed by atoms with Gasteiger partial charge in [0.2, 0.25) is 0 Å². The molecule has 0 saturated heterocycles. The van der Waals surface area contributed by atoms with Gasteiger partial charge in [-0.1, -0.05) is 42.5 Å². The summed E-state index contributed by atoms with van der Waals surface area (Å²) < 4.78 is 80.0. The Morgan fingerprint density at radius 1 is 1.00 bits per heavy atom. The van der Waals surface area contributed by atoms with Crippen molar-refractivity contribution in [3.63, 3.8) is 0 Å². The minimum absolute atomic E-state index is 0.0210. The predicted octanol–water partition coefficient (Wildman–Crippen LogP) is 7.34. The second-order valence-corrected chi connectivity index (χ2v) is 7.49. The molecule has 1 atom stereocenters. The Kier molecular flexibility index (Phi) is 2.32. The second kappa shape index (κ2) is 6.56. The summed E-state index contributed by atoms with van der Waals surface area (Å²) >= 11 is 0. The van der Waals surface area contributed by atoms with Gasteiger partial charge < -0.3 is 4.42 Å². The number of aryl methyl sites for hydroxylation is 3. The molecule has 1 unspecified atom stereocenters. The summed E-state index contributed by atoms with van der Waals surface area (Å²) in [6.07, 6.45) is -0.667. The Balaban J connectivity index is 1.58. The van der Waals surface area contributed by atoms with E-state index in [4.69, 9.17) is 15.4 Å². The van der Waals surface area contributed by atoms with Gasteiger partial charge in [-0.2, -0.15) is 0 Å². The zero-order valence-corrected chi connectivity index (χ0v) is 16.0. The Hall–Kier alpha value is -3.39. The summed E-state index contributed by atoms with van der Waals surface area (Å²) in [7, 11) is 0. The molecule has 0 fully saturated rings. The number of aromatic nitrogens is 1. The van der Waals surface area contributed by atoms with Crippen molar-refractivity contribution in [2.45, 2.75) is 32.4 Å². The van der Waals surface area contributed by atoms with Crippen LogP contribution in [0.4, 0.5) is 0 Å². The molecule has 0 N–H and O–H groups in total. The van der Waals surface area contributed by atoms with Gasteiger partial charge in [-0.25, -0.2) is 0 Å². The Bertz CT molecular complexity index is 1750. The topological polar surface area (TPSA) is 26.0 Å². The zero-order chi connectivity index (χ0) is 28.0. The van der Waals surface area contributed by atoms with E-state index >= 15 is 0 Å². The van der Waals surface area contributed by atoms with E-state index < -0.39 is 26.0 Å². The summed E-state index contributed by atoms with van der Waals surface area (Å²) in [5.74, 6) is -1.29. The lowest BCUT2D eigenvalue weighted by Gasteiger charge is -2.11. The Morgan fingerprint density at radius 3 is 2.77 bits per heavy atom. The number of rotatable bonds is 2. The third-order valence-corrected chi connectivity index (χ3v) is 5.72. The minimum atomic E-state index is -2.66. The first-order chi connectivity index (χ1) is 18.2. The van der Waals surface area contributed by atoms with Crippen molar-refractivity contribution in [1.29, 1.82) is 0 Å². The number of para-hydroxylation sites is 1. The minimum Gasteiger partial charge on any atom is -0.455 e. The maximum absolute atomic E-state index is 9.31. The molecule has 0 radical (unpaired) electrons. The third-order valence-electron chi connectivity index (χ3n) is 5.72. The lowest BCUT2D eigenvalue weighted by molar-refractivity contribution is 0.668. The van der Waals surface area contributed by atoms with Crippen molar-refractivity contribution < 1.29 is 16.8 Å². The van der Waals surface area contributed by atoms with Gasteiger partial charge >= 0.3 is 0 Å². The molecule has 2 nitrogen and oxygen atoms in total. The summed E-state index contributed by atoms with van der Waals surface area (Å²) in [4.78, 5) is 4.30. The number of hydrogen-bond acceptors (Lipinski definition) is 2. The third kappa shape index (κ3) is 2.60. The molecule has 30 heavy (non-hydrogen) atoms. The smallest absolute Gasteiger partial charge is 0.144 e. The van der Waals surface area contributed by atoms with E-state index in [0.29, 0.717) is 44.2 Å². The van der Waals surface area contributed by atoms with Gasteiger partial charge in [-0.3, -0.25) is 4.98 Å². The quantitative estimate of drug-likeness (QED) is 0.311. The second-order valence-electron chi connectivity index (χ2n) is 7.49. The van der Waals surface area contributed by atoms with Gasteiger partial charge in [0, 0.05) is 40.8 Å². The highest BCUT2D eigenvalue weighted by Gasteiger charge is 2.26. The number of furan rings is 1. The van der Waals surface area contributed by atoms with Gasteiger partial charge in [0.1, 0.15) is 11.2 Å². The zero-order valence-electron chi connectivity index (χ0n) is 25.0. The lowest BCUT2D eigenvalue weighted by atomic mass is 9.92. The molecule has 0 bridgehead atoms. The van der Waals surface area contributed by atoms with Crippen molar-refractivity contribution in [3.8, 4) is 11.3 Å². The van der Waals surface area contributed by atoms with E-state index in [9.17, 15) is 1.37 Å². The van der Waals surface area contributed by atoms with Crippen LogP contribution in [0.3, 0.4) is 0 Å². The van der Waals surface area contributed by atoms with Crippen LogP contribution < -0.4 is 0 Å². The molecule has 0 aliphatic heterocycles. The molecule has 0 amide bonds. The van der Waals surface area contributed by atoms with Gasteiger partial charge in [0.05, 0.1) is 5.69 Å². The molecule has 146 valence electrons. The molecular weight excluding hydrogens is 366 g/mol. The van der Waals surface area contributed by atoms with Crippen LogP contribution in [0.25, 0.3) is 33.2 Å². The molecule has 2 heteroatoms. The van der Waals surface area contributed by atoms with Crippen molar-refractivity contribution in [1.82, 2.24) is 4.98 Å². The van der Waals surface area contributed by atoms with Crippen molar-refractivity contribution >= 4 is 21.9 Å². The van der Waals surface area contributed by atoms with E-state index in [2.05, 4.69) is 4.98 Å². The first-order valence-electron chi connectivity index (χ1n) is 14.3. The highest BCUT2D eigenvalue weighted by molar-refractivity contribution is 6.09. The standard InChI is InChI=1S/C28H23NO/c1-17-13-26(29-16-18(17)2)23-10-6-9-22-25-14-20-11-12-21(19-7-4-3-5-8-19)24(20)15-27(25)30-28(22)23/h3-10,13-16,21H,11-12H2,1-2H3/i1D3,2D3,11D2,21D. The fourth-order valence-corrected chi connectivity index (χ4v) is 4.22. The van der Waals surface area contributed by atoms with Gasteiger partial charge in [0.25, 0.3) is 0 Å². The summed E-state index contributed by atoms with van der Waals surface area (Å²) in [6, 6.07) is 19.3. The molecule has 0 spiro atoms. The number of nitrogens with zero attached hydrogens (tertiary/aromatic N) is 1. The number of pyridine rings is 1. The van der Waals surface area contributed by atoms with Crippen LogP contribution in [0.1, 0.15) is 52.5 Å². The normalized spacial score (nSPS) is 25.1. The van der Waals surface area contributed by atoms with E-state index in [0.717, 1.165) is 6.20 Å². The largest absolute Gasteiger partial charge is 0.455 e. The number of fused-ring (bicyclic) bond motifs is 4. The molecule has 1 aliphatic rings. The highest BCUT2D eigenvalue weighted by atomic mass is 16.3. The molecule has 2 aromatic heterocycles. The highest BCUT2D eigenvalue weighted by Crippen LogP contribution is 2.43. The molecule has 6 rings (SSSR count). The maximum Gasteiger partial charge on any atom is 0.144 e.